The zero-order chi connectivity index (χ0) is 45.0. The van der Waals surface area contributed by atoms with Crippen molar-refractivity contribution in [2.24, 2.45) is 11.8 Å². The van der Waals surface area contributed by atoms with E-state index < -0.39 is 85.5 Å². The number of imidazole rings is 1. The number of aliphatic hydroxyl groups excluding tert-OH is 3. The van der Waals surface area contributed by atoms with Crippen LogP contribution < -0.4 is 24.3 Å². The van der Waals surface area contributed by atoms with Gasteiger partial charge in [-0.05, 0) is 52.8 Å². The van der Waals surface area contributed by atoms with Gasteiger partial charge < -0.3 is 93.2 Å². The van der Waals surface area contributed by atoms with Crippen LogP contribution in [-0.2, 0) is 44.4 Å². The Kier molecular flexibility index (Phi) is 18.7. The van der Waals surface area contributed by atoms with Crippen molar-refractivity contribution in [1.82, 2.24) is 14.9 Å². The molecule has 11 atom stereocenters. The maximum absolute atomic E-state index is 13.4. The molecular formula is C36H49N4NaO21P2. The first-order chi connectivity index (χ1) is 29.4. The van der Waals surface area contributed by atoms with Gasteiger partial charge in [0.05, 0.1) is 46.1 Å². The Morgan fingerprint density at radius 2 is 1.64 bits per heavy atom. The number of hydrogen-bond donors (Lipinski definition) is 8. The fourth-order valence-corrected chi connectivity index (χ4v) is 7.74. The quantitative estimate of drug-likeness (QED) is 0.0386. The summed E-state index contributed by atoms with van der Waals surface area (Å²) in [6, 6.07) is 6.93. The molecule has 1 unspecified atom stereocenters. The van der Waals surface area contributed by atoms with Crippen molar-refractivity contribution in [2.75, 3.05) is 47.4 Å². The minimum absolute atomic E-state index is 0. The number of benzene rings is 2. The summed E-state index contributed by atoms with van der Waals surface area (Å²) in [5.74, 6) is -1.82. The summed E-state index contributed by atoms with van der Waals surface area (Å²) in [5, 5.41) is 53.8. The van der Waals surface area contributed by atoms with Gasteiger partial charge in [-0.3, -0.25) is 9.59 Å². The van der Waals surface area contributed by atoms with E-state index in [0.29, 0.717) is 28.2 Å². The zero-order valence-electron chi connectivity index (χ0n) is 33.8. The molecule has 3 saturated heterocycles. The van der Waals surface area contributed by atoms with Crippen LogP contribution >= 0.6 is 17.7 Å². The number of aromatic hydroxyl groups is 1. The fourth-order valence-electron chi connectivity index (χ4n) is 7.74. The molecule has 0 saturated carbocycles. The van der Waals surface area contributed by atoms with E-state index in [1.54, 1.807) is 31.2 Å². The number of esters is 1. The van der Waals surface area contributed by atoms with Crippen LogP contribution in [0.5, 0.6) is 28.7 Å². The van der Waals surface area contributed by atoms with Gasteiger partial charge in [0.15, 0.2) is 42.1 Å². The fraction of sp³-hybridized carbons (Fsp3) is 0.528. The Labute approximate surface area is 389 Å². The van der Waals surface area contributed by atoms with E-state index in [2.05, 4.69) is 10.3 Å². The van der Waals surface area contributed by atoms with Crippen molar-refractivity contribution >= 4 is 65.1 Å². The van der Waals surface area contributed by atoms with E-state index in [1.165, 1.54) is 26.6 Å². The average molecular weight is 959 g/mol. The number of ether oxygens (including phenoxy) is 9. The Morgan fingerprint density at radius 1 is 1.02 bits per heavy atom. The Bertz CT molecular complexity index is 2130. The van der Waals surface area contributed by atoms with E-state index in [1.807, 2.05) is 0 Å². The summed E-state index contributed by atoms with van der Waals surface area (Å²) in [5.41, 5.74) is 2.01. The van der Waals surface area contributed by atoms with Gasteiger partial charge in [0, 0.05) is 18.4 Å². The first-order valence-electron chi connectivity index (χ1n) is 18.7. The molecule has 4 aliphatic heterocycles. The monoisotopic (exact) mass is 958 g/mol. The molecule has 0 radical (unpaired) electrons. The van der Waals surface area contributed by atoms with Crippen LogP contribution in [0.15, 0.2) is 36.7 Å². The number of phenolic OH excluding ortho intramolecular Hbond substituents is 1. The van der Waals surface area contributed by atoms with Crippen molar-refractivity contribution in [3.63, 3.8) is 0 Å². The molecule has 25 nitrogen and oxygen atoms in total. The molecule has 350 valence electrons. The van der Waals surface area contributed by atoms with Crippen LogP contribution in [0.1, 0.15) is 35.6 Å². The number of amides is 1. The first-order valence-corrected chi connectivity index (χ1v) is 20.3. The summed E-state index contributed by atoms with van der Waals surface area (Å²) in [4.78, 5) is 59.3. The van der Waals surface area contributed by atoms with E-state index >= 15 is 0 Å². The number of aliphatic hydroxyl groups is 3. The molecule has 1 aromatic heterocycles. The van der Waals surface area contributed by atoms with Gasteiger partial charge >= 0.3 is 49.3 Å². The van der Waals surface area contributed by atoms with E-state index in [4.69, 9.17) is 67.0 Å². The minimum atomic E-state index is -4.64. The third kappa shape index (κ3) is 12.0. The topological polar surface area (TPSA) is 349 Å². The molecule has 0 spiro atoms. The van der Waals surface area contributed by atoms with E-state index in [0.717, 1.165) is 4.57 Å². The number of nitro groups is 1. The van der Waals surface area contributed by atoms with Crippen LogP contribution in [0.2, 0.25) is 0 Å². The van der Waals surface area contributed by atoms with E-state index in [9.17, 15) is 35.0 Å². The van der Waals surface area contributed by atoms with Gasteiger partial charge in [0.25, 0.3) is 5.91 Å². The maximum atomic E-state index is 13.4. The first kappa shape index (κ1) is 52.9. The summed E-state index contributed by atoms with van der Waals surface area (Å²) in [7, 11) is -1.78. The van der Waals surface area contributed by atoms with Crippen LogP contribution in [0, 0.1) is 22.0 Å². The van der Waals surface area contributed by atoms with Crippen LogP contribution in [0.25, 0.3) is 0 Å². The van der Waals surface area contributed by atoms with Gasteiger partial charge in [-0.25, -0.2) is 9.13 Å². The molecule has 0 bridgehead atoms. The predicted molar refractivity (Wildman–Crippen MR) is 220 cm³/mol. The molecule has 5 heterocycles. The van der Waals surface area contributed by atoms with Crippen molar-refractivity contribution < 1.29 is 96.8 Å². The third-order valence-corrected chi connectivity index (χ3v) is 10.4. The number of cyclic esters (lactones) is 1. The molecule has 1 amide bonds. The zero-order valence-corrected chi connectivity index (χ0v) is 36.1. The molecule has 5 aliphatic rings. The molecule has 28 heteroatoms. The number of rotatable bonds is 10. The number of fused-ring (bicyclic) bond motifs is 4. The predicted octanol–water partition coefficient (Wildman–Crippen LogP) is -1.28. The summed E-state index contributed by atoms with van der Waals surface area (Å²) in [6.45, 7) is 1.70. The number of aromatic nitrogens is 2. The van der Waals surface area contributed by atoms with Crippen LogP contribution in [-0.4, -0.2) is 175 Å². The van der Waals surface area contributed by atoms with Crippen molar-refractivity contribution in [1.29, 1.82) is 0 Å². The number of nitrogens with one attached hydrogen (secondary N) is 1. The number of phosphoric acid groups is 1. The molecule has 8 N–H and O–H groups in total. The molecule has 3 aromatic rings. The van der Waals surface area contributed by atoms with Crippen LogP contribution in [0.4, 0.5) is 5.95 Å². The number of hydrogen-bond acceptors (Lipinski definition) is 19. The molecule has 8 rings (SSSR count). The number of phenols is 1. The molecule has 1 aliphatic carbocycles. The normalized spacial score (nSPS) is 27.2. The Balaban J connectivity index is 0.000000342. The number of nitrogens with zero attached hydrogens (tertiary/aromatic N) is 3. The molecule has 3 fully saturated rings. The molecule has 2 aromatic carbocycles. The second kappa shape index (κ2) is 22.6. The average Bonchev–Trinajstić information content (AvgIpc) is 3.99. The van der Waals surface area contributed by atoms with Crippen LogP contribution in [0.3, 0.4) is 0 Å². The summed E-state index contributed by atoms with van der Waals surface area (Å²) >= 11 is 0. The Hall–Kier alpha value is -3.75. The van der Waals surface area contributed by atoms with Gasteiger partial charge in [0.1, 0.15) is 36.8 Å². The second-order valence-electron chi connectivity index (χ2n) is 14.2. The van der Waals surface area contributed by atoms with Gasteiger partial charge in [0.2, 0.25) is 12.5 Å². The molecule has 64 heavy (non-hydrogen) atoms. The number of carbonyl (C=O) groups excluding carboxylic acids is 2. The number of methoxy groups -OCH3 is 2. The summed E-state index contributed by atoms with van der Waals surface area (Å²) < 4.78 is 61.5. The van der Waals surface area contributed by atoms with E-state index in [-0.39, 0.29) is 102 Å². The Morgan fingerprint density at radius 3 is 2.23 bits per heavy atom. The van der Waals surface area contributed by atoms with Crippen molar-refractivity contribution in [2.45, 2.75) is 62.5 Å². The summed E-state index contributed by atoms with van der Waals surface area (Å²) in [6.07, 6.45) is -4.21. The third-order valence-electron chi connectivity index (χ3n) is 10.4. The van der Waals surface area contributed by atoms with Gasteiger partial charge in [-0.2, -0.15) is 9.90 Å². The number of carbonyl (C=O) groups is 2. The van der Waals surface area contributed by atoms with Gasteiger partial charge in [-0.15, -0.1) is 0 Å². The second-order valence-corrected chi connectivity index (χ2v) is 15.2. The van der Waals surface area contributed by atoms with Gasteiger partial charge in [-0.1, -0.05) is 4.98 Å². The standard InChI is InChI=1S/C29H32O13.C7H10N4O4.Na.H3O4P.H3P.H/c1-11-36-9-20-27(40-11)24(31)25(32)29(41-20)42-26-14-7-17-16(38-10-39-17)6-13(14)21(22-15(26)8-37-28(22)33)12-4-18(34-2)23(30)19(5-12)35-3;12-4-2-8-6(13)5-10-3-1-9-7(10)11(14)15;;1-5(2,3)4;;/h4-7,11,15,20-22,24-27,29-32H,8-10H2,1-3H3;1,3,12H,2,4-5H2,(H,8,13);;(H3,1,2,3,4);1H3;/t11-,15+,20-,21-,22+,24-,25-,26-,27-,29+;;;;;/m1...../s1. The van der Waals surface area contributed by atoms with Crippen molar-refractivity contribution in [3.05, 3.63) is 63.5 Å². The van der Waals surface area contributed by atoms with Crippen molar-refractivity contribution in [3.8, 4) is 28.7 Å². The molecular weight excluding hydrogens is 909 g/mol. The SMILES string of the molecule is COc1cc([C@@H]2c3cc4c(cc3[C@@H](O[C@@H]3O[C@@H]5CO[C@@H](C)O[C@H]5[C@H](O)[C@H]3O)[C@H]3COC(=O)[C@H]23)OCO4)cc(OC)c1O.O=C(Cn1ccnc1[N+](=O)[O-])NCCO.O=P(O)(O)O.P.[NaH].